The monoisotopic (exact) mass is 1780 g/mol. The third-order valence-corrected chi connectivity index (χ3v) is 22.4. The van der Waals surface area contributed by atoms with E-state index in [9.17, 15) is 52.7 Å². The second-order valence-electron chi connectivity index (χ2n) is 33.4. The number of para-hydroxylation sites is 3. The van der Waals surface area contributed by atoms with Crippen molar-refractivity contribution >= 4 is 98.1 Å². The van der Waals surface area contributed by atoms with Crippen LogP contribution < -0.4 is 81.4 Å². The average molecular weight is 1780 g/mol. The summed E-state index contributed by atoms with van der Waals surface area (Å²) < 4.78 is 0. The van der Waals surface area contributed by atoms with Gasteiger partial charge >= 0.3 is 0 Å². The number of carbonyl (C=O) groups is 10. The number of aromatic nitrogens is 3. The van der Waals surface area contributed by atoms with Gasteiger partial charge < -0.3 is 101 Å². The first kappa shape index (κ1) is 107. The molecule has 0 saturated heterocycles. The molecule has 3 aromatic carbocycles. The summed E-state index contributed by atoms with van der Waals surface area (Å²) in [4.78, 5) is 150. The van der Waals surface area contributed by atoms with Crippen molar-refractivity contribution in [3.63, 3.8) is 0 Å². The molecule has 0 aliphatic heterocycles. The Morgan fingerprint density at radius 2 is 0.561 bits per heavy atom. The van der Waals surface area contributed by atoms with E-state index in [4.69, 9.17) is 22.9 Å². The predicted molar refractivity (Wildman–Crippen MR) is 486 cm³/mol. The third kappa shape index (κ3) is 45.3. The fraction of sp³-hybridized carbons (Fsp3) is 0.624. The van der Waals surface area contributed by atoms with Crippen LogP contribution in [0.5, 0.6) is 0 Å². The van der Waals surface area contributed by atoms with Gasteiger partial charge in [-0.2, -0.15) is 0 Å². The van der Waals surface area contributed by atoms with Gasteiger partial charge in [-0.1, -0.05) is 87.2 Å². The maximum absolute atomic E-state index is 13.5. The maximum Gasteiger partial charge on any atom is 0.220 e. The number of nitrogens with two attached hydrogens (primary N) is 4. The molecule has 0 bridgehead atoms. The molecule has 3 aromatic heterocycles. The molecule has 681 valence electrons. The van der Waals surface area contributed by atoms with E-state index >= 15 is 0 Å². The molecule has 0 fully saturated rings. The Balaban J connectivity index is 0.000000519. The number of benzene rings is 3. The second-order valence-corrected chi connectivity index (χ2v) is 33.4. The van der Waals surface area contributed by atoms with E-state index in [1.165, 1.54) is 10.9 Å². The van der Waals surface area contributed by atoms with Gasteiger partial charge in [0.05, 0.1) is 0 Å². The van der Waals surface area contributed by atoms with Crippen molar-refractivity contribution < 1.29 is 85.4 Å². The number of fused-ring (bicyclic) bond motifs is 3. The molecular formula is C93H149N18O11Y-. The van der Waals surface area contributed by atoms with Crippen molar-refractivity contribution in [3.05, 3.63) is 108 Å². The van der Waals surface area contributed by atoms with Crippen LogP contribution in [-0.2, 0) is 105 Å². The largest absolute Gasteiger partial charge is 0.542 e. The molecule has 0 aliphatic rings. The molecule has 6 aromatic rings. The Morgan fingerprint density at radius 1 is 0.309 bits per heavy atom. The Labute approximate surface area is 755 Å². The topological polar surface area (TPSA) is 472 Å². The van der Waals surface area contributed by atoms with Crippen LogP contribution in [0.3, 0.4) is 0 Å². The summed E-state index contributed by atoms with van der Waals surface area (Å²) in [7, 11) is 1.92. The first-order valence-electron chi connectivity index (χ1n) is 45.3. The quantitative estimate of drug-likeness (QED) is 0.0125. The number of unbranched alkanes of at least 4 members (excludes halogenated alkanes) is 4. The van der Waals surface area contributed by atoms with Crippen LogP contribution in [0.15, 0.2) is 91.4 Å². The number of carbonyl (C=O) groups excluding carboxylic acids is 11. The van der Waals surface area contributed by atoms with Gasteiger partial charge in [-0.15, -0.1) is 6.42 Å². The number of H-pyrrole nitrogens is 3. The molecule has 29 nitrogen and oxygen atoms in total. The molecule has 6 rings (SSSR count). The Kier molecular flexibility index (Phi) is 54.4. The zero-order valence-corrected chi connectivity index (χ0v) is 77.5. The molecule has 30 heteroatoms. The normalized spacial score (nSPS) is 13.9. The summed E-state index contributed by atoms with van der Waals surface area (Å²) in [5.41, 5.74) is 29.5. The SMILES string of the molecule is CCCC(=O)N[C@@H](C)CCC(=O)N[C@@H](CCCCN)CCC(=O)N[C@H](CCC(=O)N[C@@H](CCCCN)CCC(=O)N[C@@H](C)C[C-]=O)Cc1c[nH]c2ccccc12.CN[C@H](CCC(=O)N[C@@H](C)CCC(=O)N[C@@H](CCCCN)CCC(=O)N[C@@H](C)CCC(=O)N[C@@H](CCCCN)CCC(=O)N[C@H](C)Cc1c[nH]c2ccccc12)Cc1c[nH]c2ccccc12.[Y]. The van der Waals surface area contributed by atoms with Crippen molar-refractivity contribution in [2.24, 2.45) is 22.9 Å². The van der Waals surface area contributed by atoms with Gasteiger partial charge in [-0.25, -0.2) is 0 Å². The molecule has 123 heavy (non-hydrogen) atoms. The molecule has 3 heterocycles. The van der Waals surface area contributed by atoms with Crippen LogP contribution >= 0.6 is 0 Å². The number of rotatable bonds is 64. The average Bonchev–Trinajstić information content (AvgIpc) is 1.70. The fourth-order valence-electron chi connectivity index (χ4n) is 15.4. The predicted octanol–water partition coefficient (Wildman–Crippen LogP) is 9.52. The van der Waals surface area contributed by atoms with Crippen molar-refractivity contribution in [1.29, 1.82) is 0 Å². The Hall–Kier alpha value is -8.45. The molecule has 10 amide bonds. The maximum atomic E-state index is 13.5. The number of aromatic amines is 3. The summed E-state index contributed by atoms with van der Waals surface area (Å²) in [5.74, 6) is -1.08. The van der Waals surface area contributed by atoms with Crippen molar-refractivity contribution in [1.82, 2.24) is 73.4 Å². The smallest absolute Gasteiger partial charge is 0.220 e. The molecule has 11 atom stereocenters. The van der Waals surface area contributed by atoms with Crippen molar-refractivity contribution in [3.8, 4) is 0 Å². The van der Waals surface area contributed by atoms with Crippen LogP contribution in [0.4, 0.5) is 0 Å². The minimum absolute atomic E-state index is 0. The molecular weight excluding hydrogens is 1630 g/mol. The van der Waals surface area contributed by atoms with Gasteiger partial charge in [-0.05, 0) is 238 Å². The first-order valence-corrected chi connectivity index (χ1v) is 45.3. The van der Waals surface area contributed by atoms with Crippen LogP contribution in [0.1, 0.15) is 270 Å². The standard InChI is InChI=1S/C51H80N10O5.C42H69N8O6.Y/c1-35(19-24-51(66)61-41(14-10-12-30-53)22-27-49(64)59-37(3)31-38-33-55-45-17-7-5-15-43(38)45)57-47(62)26-21-40(13-9-11-29-52)60-50(65)25-20-36(2)58-48(63)28-23-42(54-4)32-39-34-56-46-18-8-6-16-44(39)46;1-4-11-38(52)46-30(2)16-20-40(54)48-34(13-8-10-26-44)18-22-42(56)50-35(28-32-29-45-37-15-6-5-14-36(32)37)19-23-41(55)49-33(12-7-9-25-43)17-21-39(53)47-31(3)24-27-51;/h5-8,15-18,33-37,40-42,54-56H,9-14,19-32,52-53H2,1-4H3,(H,57,62)(H,58,63)(H,59,64)(H,60,65)(H,61,66);5-6,14-15,29-31,33-35,45H,4,7-13,16-26,28,43-44H2,1-3H3,(H,46,52)(H,47,53)(H,48,54)(H,49,55)(H,50,56);/q;-1;/t35-,36-,37+,40-,41-,42+;30-,31-,33-,34-,35+;/m00./s1. The molecule has 22 N–H and O–H groups in total. The summed E-state index contributed by atoms with van der Waals surface area (Å²) in [5, 5.41) is 37.3. The summed E-state index contributed by atoms with van der Waals surface area (Å²) in [6.07, 6.45) is 27.3. The minimum Gasteiger partial charge on any atom is -0.542 e. The Morgan fingerprint density at radius 3 is 0.870 bits per heavy atom. The zero-order valence-electron chi connectivity index (χ0n) is 74.7. The minimum atomic E-state index is -0.334. The summed E-state index contributed by atoms with van der Waals surface area (Å²) in [6, 6.07) is 22.5. The van der Waals surface area contributed by atoms with Crippen LogP contribution in [0.2, 0.25) is 0 Å². The molecule has 0 spiro atoms. The third-order valence-electron chi connectivity index (χ3n) is 22.4. The van der Waals surface area contributed by atoms with Gasteiger partial charge in [0, 0.05) is 215 Å². The van der Waals surface area contributed by atoms with E-state index < -0.39 is 0 Å². The number of hydrogen-bond acceptors (Lipinski definition) is 16. The van der Waals surface area contributed by atoms with E-state index in [0.717, 1.165) is 109 Å². The van der Waals surface area contributed by atoms with Gasteiger partial charge in [0.1, 0.15) is 0 Å². The van der Waals surface area contributed by atoms with Gasteiger partial charge in [0.2, 0.25) is 59.1 Å². The van der Waals surface area contributed by atoms with Crippen molar-refractivity contribution in [2.75, 3.05) is 33.2 Å². The van der Waals surface area contributed by atoms with Gasteiger partial charge in [0.25, 0.3) is 0 Å². The summed E-state index contributed by atoms with van der Waals surface area (Å²) in [6.45, 7) is 13.6. The van der Waals surface area contributed by atoms with E-state index in [0.29, 0.717) is 135 Å². The summed E-state index contributed by atoms with van der Waals surface area (Å²) >= 11 is 0. The second kappa shape index (κ2) is 62.6. The number of hydrogen-bond donors (Lipinski definition) is 18. The van der Waals surface area contributed by atoms with Crippen LogP contribution in [0.25, 0.3) is 32.7 Å². The molecule has 0 saturated carbocycles. The van der Waals surface area contributed by atoms with E-state index in [1.807, 2.05) is 115 Å². The van der Waals surface area contributed by atoms with E-state index in [-0.39, 0.29) is 210 Å². The Bertz CT molecular complexity index is 4080. The number of nitrogens with one attached hydrogen (secondary N) is 14. The van der Waals surface area contributed by atoms with Crippen LogP contribution in [-0.4, -0.2) is 180 Å². The molecule has 0 unspecified atom stereocenters. The fourth-order valence-corrected chi connectivity index (χ4v) is 15.4. The van der Waals surface area contributed by atoms with Crippen molar-refractivity contribution in [2.45, 2.75) is 339 Å². The van der Waals surface area contributed by atoms with E-state index in [2.05, 4.69) is 91.6 Å². The zero-order chi connectivity index (χ0) is 88.8. The van der Waals surface area contributed by atoms with E-state index in [1.54, 1.807) is 13.2 Å². The van der Waals surface area contributed by atoms with Crippen LogP contribution in [0, 0.1) is 0 Å². The van der Waals surface area contributed by atoms with Gasteiger partial charge in [-0.3, -0.25) is 54.2 Å². The number of amides is 10. The molecule has 0 aliphatic carbocycles. The number of likely N-dealkylation sites (N-methyl/N-ethyl adjacent to an activating group) is 1. The van der Waals surface area contributed by atoms with Gasteiger partial charge in [0.15, 0.2) is 0 Å². The first-order chi connectivity index (χ1) is 58.8. The molecule has 1 radical (unpaired) electrons.